The van der Waals surface area contributed by atoms with E-state index in [0.29, 0.717) is 35.4 Å². The summed E-state index contributed by atoms with van der Waals surface area (Å²) in [6.07, 6.45) is 15.5. The molecule has 4 aliphatic carbocycles. The summed E-state index contributed by atoms with van der Waals surface area (Å²) in [6, 6.07) is 13.9. The number of amides is 2. The third kappa shape index (κ3) is 5.42. The van der Waals surface area contributed by atoms with E-state index in [2.05, 4.69) is 32.7 Å². The first kappa shape index (κ1) is 24.6. The van der Waals surface area contributed by atoms with E-state index in [1.165, 1.54) is 56.5 Å². The quantitative estimate of drug-likeness (QED) is 0.426. The molecule has 7 heteroatoms. The van der Waals surface area contributed by atoms with Gasteiger partial charge in [-0.3, -0.25) is 19.6 Å². The Balaban J connectivity index is 0.989. The molecule has 4 fully saturated rings. The predicted molar refractivity (Wildman–Crippen MR) is 145 cm³/mol. The van der Waals surface area contributed by atoms with E-state index in [9.17, 15) is 9.59 Å². The van der Waals surface area contributed by atoms with Crippen molar-refractivity contribution in [1.29, 1.82) is 0 Å². The highest BCUT2D eigenvalue weighted by molar-refractivity contribution is 5.97. The molecule has 2 N–H and O–H groups in total. The van der Waals surface area contributed by atoms with Crippen LogP contribution in [0.4, 0.5) is 5.69 Å². The second-order valence-electron chi connectivity index (χ2n) is 11.4. The lowest BCUT2D eigenvalue weighted by molar-refractivity contribution is -0.118. The second-order valence-corrected chi connectivity index (χ2v) is 11.4. The normalized spacial score (nSPS) is 25.1. The second kappa shape index (κ2) is 10.6. The van der Waals surface area contributed by atoms with Crippen LogP contribution < -0.4 is 15.4 Å². The highest BCUT2D eigenvalue weighted by Gasteiger charge is 2.51. The van der Waals surface area contributed by atoms with E-state index < -0.39 is 0 Å². The van der Waals surface area contributed by atoms with Crippen molar-refractivity contribution in [3.8, 4) is 5.75 Å². The van der Waals surface area contributed by atoms with Gasteiger partial charge in [0.15, 0.2) is 6.61 Å². The van der Waals surface area contributed by atoms with Crippen LogP contribution in [0.1, 0.15) is 60.0 Å². The Bertz CT molecular complexity index is 1260. The third-order valence-corrected chi connectivity index (χ3v) is 8.61. The summed E-state index contributed by atoms with van der Waals surface area (Å²) in [4.78, 5) is 33.1. The average Bonchev–Trinajstić information content (AvgIpc) is 2.92. The summed E-state index contributed by atoms with van der Waals surface area (Å²) in [5, 5.41) is 5.66. The summed E-state index contributed by atoms with van der Waals surface area (Å²) >= 11 is 0. The van der Waals surface area contributed by atoms with Crippen molar-refractivity contribution in [1.82, 2.24) is 15.3 Å². The molecule has 3 aromatic rings. The fourth-order valence-corrected chi connectivity index (χ4v) is 7.32. The topological polar surface area (TPSA) is 93.2 Å². The van der Waals surface area contributed by atoms with E-state index in [4.69, 9.17) is 4.74 Å². The Kier molecular flexibility index (Phi) is 6.83. The van der Waals surface area contributed by atoms with Crippen LogP contribution in [-0.2, 0) is 16.6 Å². The van der Waals surface area contributed by atoms with E-state index in [1.54, 1.807) is 18.5 Å². The molecule has 0 unspecified atom stereocenters. The number of hydrogen-bond donors (Lipinski definition) is 2. The maximum atomic E-state index is 12.5. The molecule has 0 radical (unpaired) electrons. The Hall–Kier alpha value is -3.74. The zero-order valence-corrected chi connectivity index (χ0v) is 21.6. The van der Waals surface area contributed by atoms with Crippen molar-refractivity contribution in [2.24, 2.45) is 17.8 Å². The minimum absolute atomic E-state index is 0.112. The SMILES string of the molecule is O=C(COc1ccc(C23CC4CC(CC(C4)C2)C3)cc1)Nc1cncc(C(=O)NCCc2ccncc2)c1. The maximum Gasteiger partial charge on any atom is 0.262 e. The first-order valence-corrected chi connectivity index (χ1v) is 13.7. The molecule has 2 aromatic heterocycles. The molecule has 0 spiro atoms. The van der Waals surface area contributed by atoms with Gasteiger partial charge in [0.05, 0.1) is 17.4 Å². The van der Waals surface area contributed by atoms with Crippen molar-refractivity contribution >= 4 is 17.5 Å². The molecular formula is C31H34N4O3. The van der Waals surface area contributed by atoms with Crippen LogP contribution in [0.2, 0.25) is 0 Å². The van der Waals surface area contributed by atoms with Gasteiger partial charge in [0, 0.05) is 25.1 Å². The van der Waals surface area contributed by atoms with Crippen LogP contribution in [-0.4, -0.2) is 34.9 Å². The molecule has 0 aliphatic heterocycles. The molecule has 0 saturated heterocycles. The number of aromatic nitrogens is 2. The minimum atomic E-state index is -0.299. The molecule has 7 rings (SSSR count). The van der Waals surface area contributed by atoms with Crippen molar-refractivity contribution < 1.29 is 14.3 Å². The molecule has 4 bridgehead atoms. The fraction of sp³-hybridized carbons (Fsp3) is 0.419. The van der Waals surface area contributed by atoms with Crippen LogP contribution >= 0.6 is 0 Å². The minimum Gasteiger partial charge on any atom is -0.484 e. The van der Waals surface area contributed by atoms with E-state index >= 15 is 0 Å². The Morgan fingerprint density at radius 3 is 2.26 bits per heavy atom. The number of carbonyl (C=O) groups is 2. The molecule has 2 heterocycles. The van der Waals surface area contributed by atoms with E-state index in [-0.39, 0.29) is 18.4 Å². The molecule has 4 saturated carbocycles. The lowest BCUT2D eigenvalue weighted by Crippen LogP contribution is -2.48. The van der Waals surface area contributed by atoms with Gasteiger partial charge in [0.25, 0.3) is 11.8 Å². The molecule has 1 aromatic carbocycles. The predicted octanol–water partition coefficient (Wildman–Crippen LogP) is 4.93. The number of benzene rings is 1. The smallest absolute Gasteiger partial charge is 0.262 e. The number of nitrogens with zero attached hydrogens (tertiary/aromatic N) is 2. The number of hydrogen-bond acceptors (Lipinski definition) is 5. The standard InChI is InChI=1S/C31H34N4O3/c36-29(35-27-14-25(18-33-19-27)30(37)34-10-7-21-5-8-32-9-6-21)20-38-28-3-1-26(2-4-28)31-15-22-11-23(16-31)13-24(12-22)17-31/h1-6,8-9,14,18-19,22-24H,7,10-13,15-17,20H2,(H,34,37)(H,35,36). The van der Waals surface area contributed by atoms with Gasteiger partial charge < -0.3 is 15.4 Å². The molecule has 2 amide bonds. The average molecular weight is 511 g/mol. The summed E-state index contributed by atoms with van der Waals surface area (Å²) in [6.45, 7) is 0.383. The van der Waals surface area contributed by atoms with E-state index in [0.717, 1.165) is 23.3 Å². The lowest BCUT2D eigenvalue weighted by Gasteiger charge is -2.57. The highest BCUT2D eigenvalue weighted by atomic mass is 16.5. The molecular weight excluding hydrogens is 476 g/mol. The Labute approximate surface area is 223 Å². The van der Waals surface area contributed by atoms with Crippen LogP contribution in [0.5, 0.6) is 5.75 Å². The van der Waals surface area contributed by atoms with Gasteiger partial charge in [-0.25, -0.2) is 0 Å². The lowest BCUT2D eigenvalue weighted by atomic mass is 9.48. The van der Waals surface area contributed by atoms with Gasteiger partial charge in [-0.05, 0) is 110 Å². The van der Waals surface area contributed by atoms with Crippen LogP contribution in [0.25, 0.3) is 0 Å². The summed E-state index contributed by atoms with van der Waals surface area (Å²) < 4.78 is 5.77. The van der Waals surface area contributed by atoms with Gasteiger partial charge in [-0.15, -0.1) is 0 Å². The van der Waals surface area contributed by atoms with Gasteiger partial charge >= 0.3 is 0 Å². The van der Waals surface area contributed by atoms with Crippen LogP contribution in [0, 0.1) is 17.8 Å². The summed E-state index contributed by atoms with van der Waals surface area (Å²) in [5.74, 6) is 2.88. The van der Waals surface area contributed by atoms with Crippen molar-refractivity contribution in [2.75, 3.05) is 18.5 Å². The molecule has 4 aliphatic rings. The number of carbonyl (C=O) groups excluding carboxylic acids is 2. The molecule has 7 nitrogen and oxygen atoms in total. The largest absolute Gasteiger partial charge is 0.484 e. The van der Waals surface area contributed by atoms with Gasteiger partial charge in [-0.2, -0.15) is 0 Å². The molecule has 38 heavy (non-hydrogen) atoms. The molecule has 196 valence electrons. The zero-order valence-electron chi connectivity index (χ0n) is 21.6. The van der Waals surface area contributed by atoms with Crippen molar-refractivity contribution in [2.45, 2.75) is 50.4 Å². The first-order valence-electron chi connectivity index (χ1n) is 13.7. The van der Waals surface area contributed by atoms with Gasteiger partial charge in [-0.1, -0.05) is 12.1 Å². The van der Waals surface area contributed by atoms with Crippen molar-refractivity contribution in [3.05, 3.63) is 83.9 Å². The van der Waals surface area contributed by atoms with Gasteiger partial charge in [0.1, 0.15) is 5.75 Å². The Morgan fingerprint density at radius 2 is 1.58 bits per heavy atom. The number of nitrogens with one attached hydrogen (secondary N) is 2. The monoisotopic (exact) mass is 510 g/mol. The van der Waals surface area contributed by atoms with Crippen LogP contribution in [0.15, 0.2) is 67.3 Å². The summed E-state index contributed by atoms with van der Waals surface area (Å²) in [5.41, 5.74) is 3.74. The number of anilines is 1. The highest BCUT2D eigenvalue weighted by Crippen LogP contribution is 2.60. The number of pyridine rings is 2. The molecule has 0 atom stereocenters. The number of rotatable bonds is 9. The Morgan fingerprint density at radius 1 is 0.895 bits per heavy atom. The van der Waals surface area contributed by atoms with E-state index in [1.807, 2.05) is 24.3 Å². The number of ether oxygens (including phenoxy) is 1. The summed E-state index contributed by atoms with van der Waals surface area (Å²) in [7, 11) is 0. The zero-order chi connectivity index (χ0) is 26.0. The van der Waals surface area contributed by atoms with Crippen molar-refractivity contribution in [3.63, 3.8) is 0 Å². The maximum absolute atomic E-state index is 12.5. The third-order valence-electron chi connectivity index (χ3n) is 8.61. The van der Waals surface area contributed by atoms with Gasteiger partial charge in [0.2, 0.25) is 0 Å². The first-order chi connectivity index (χ1) is 18.5. The van der Waals surface area contributed by atoms with Crippen LogP contribution in [0.3, 0.4) is 0 Å². The fourth-order valence-electron chi connectivity index (χ4n) is 7.32.